The minimum atomic E-state index is 0.0691. The Bertz CT molecular complexity index is 521. The van der Waals surface area contributed by atoms with Gasteiger partial charge in [-0.1, -0.05) is 52.2 Å². The summed E-state index contributed by atoms with van der Waals surface area (Å²) in [5, 5.41) is 3.07. The largest absolute Gasteiger partial charge is 0.326 e. The molecule has 1 aromatic carbocycles. The van der Waals surface area contributed by atoms with Crippen LogP contribution in [0.3, 0.4) is 0 Å². The molecule has 1 aromatic rings. The van der Waals surface area contributed by atoms with Crippen molar-refractivity contribution in [3.8, 4) is 0 Å². The molecule has 0 saturated carbocycles. The third-order valence-electron chi connectivity index (χ3n) is 5.60. The van der Waals surface area contributed by atoms with Crippen molar-refractivity contribution in [1.82, 2.24) is 4.90 Å². The predicted octanol–water partition coefficient (Wildman–Crippen LogP) is 5.43. The quantitative estimate of drug-likeness (QED) is 0.606. The van der Waals surface area contributed by atoms with E-state index in [-0.39, 0.29) is 11.8 Å². The highest BCUT2D eigenvalue weighted by Gasteiger charge is 2.20. The molecule has 1 heterocycles. The highest BCUT2D eigenvalue weighted by atomic mass is 16.1. The first-order chi connectivity index (χ1) is 12.1. The summed E-state index contributed by atoms with van der Waals surface area (Å²) in [5.74, 6) is 0.827. The molecule has 3 nitrogen and oxygen atoms in total. The minimum absolute atomic E-state index is 0.0691. The number of unbranched alkanes of at least 4 members (excludes halogenated alkanes) is 3. The molecule has 1 N–H and O–H groups in total. The normalized spacial score (nSPS) is 17.4. The number of hydrogen-bond donors (Lipinski definition) is 1. The van der Waals surface area contributed by atoms with Crippen LogP contribution in [0.25, 0.3) is 0 Å². The van der Waals surface area contributed by atoms with Crippen LogP contribution in [0.1, 0.15) is 77.2 Å². The minimum Gasteiger partial charge on any atom is -0.326 e. The topological polar surface area (TPSA) is 32.3 Å². The Kier molecular flexibility index (Phi) is 8.47. The number of anilines is 1. The summed E-state index contributed by atoms with van der Waals surface area (Å²) in [4.78, 5) is 14.7. The van der Waals surface area contributed by atoms with Crippen LogP contribution in [-0.2, 0) is 4.79 Å². The van der Waals surface area contributed by atoms with E-state index in [1.165, 1.54) is 63.7 Å². The van der Waals surface area contributed by atoms with Crippen LogP contribution in [-0.4, -0.2) is 30.4 Å². The van der Waals surface area contributed by atoms with Gasteiger partial charge in [0.2, 0.25) is 5.91 Å². The smallest absolute Gasteiger partial charge is 0.227 e. The van der Waals surface area contributed by atoms with E-state index in [1.807, 2.05) is 13.0 Å². The van der Waals surface area contributed by atoms with Crippen LogP contribution in [0.4, 0.5) is 5.69 Å². The number of benzene rings is 1. The van der Waals surface area contributed by atoms with Gasteiger partial charge < -0.3 is 10.2 Å². The lowest BCUT2D eigenvalue weighted by Gasteiger charge is -2.32. The zero-order chi connectivity index (χ0) is 18.1. The first kappa shape index (κ1) is 20.0. The molecule has 1 atom stereocenters. The lowest BCUT2D eigenvalue weighted by Crippen LogP contribution is -2.33. The number of piperidine rings is 1. The monoisotopic (exact) mass is 344 g/mol. The second-order valence-electron chi connectivity index (χ2n) is 7.60. The summed E-state index contributed by atoms with van der Waals surface area (Å²) in [6, 6.07) is 8.49. The maximum Gasteiger partial charge on any atom is 0.227 e. The van der Waals surface area contributed by atoms with Crippen molar-refractivity contribution >= 4 is 11.6 Å². The average Bonchev–Trinajstić information content (AvgIpc) is 2.65. The summed E-state index contributed by atoms with van der Waals surface area (Å²) >= 11 is 0. The molecule has 3 heteroatoms. The zero-order valence-corrected chi connectivity index (χ0v) is 16.4. The molecule has 1 aliphatic heterocycles. The maximum absolute atomic E-state index is 12.1. The number of rotatable bonds is 9. The van der Waals surface area contributed by atoms with Crippen LogP contribution >= 0.6 is 0 Å². The fourth-order valence-corrected chi connectivity index (χ4v) is 3.57. The van der Waals surface area contributed by atoms with Gasteiger partial charge in [-0.3, -0.25) is 4.79 Å². The zero-order valence-electron chi connectivity index (χ0n) is 16.4. The fourth-order valence-electron chi connectivity index (χ4n) is 3.57. The Morgan fingerprint density at radius 3 is 2.64 bits per heavy atom. The molecule has 2 rings (SSSR count). The molecule has 140 valence electrons. The summed E-state index contributed by atoms with van der Waals surface area (Å²) in [5.41, 5.74) is 2.33. The molecule has 1 fully saturated rings. The molecule has 1 amide bonds. The standard InChI is InChI=1S/C22H36N2O/c1-4-6-7-8-14-24-15-12-19(13-16-24)20-10-9-11-21(17-20)23-22(25)18(3)5-2/h9-11,17-19H,4-8,12-16H2,1-3H3,(H,23,25). The fraction of sp³-hybridized carbons (Fsp3) is 0.682. The number of nitrogens with one attached hydrogen (secondary N) is 1. The van der Waals surface area contributed by atoms with Gasteiger partial charge in [0, 0.05) is 11.6 Å². The van der Waals surface area contributed by atoms with Crippen LogP contribution in [0.2, 0.25) is 0 Å². The molecule has 0 spiro atoms. The molecular formula is C22H36N2O. The molecule has 1 aliphatic rings. The van der Waals surface area contributed by atoms with E-state index in [4.69, 9.17) is 0 Å². The molecule has 1 saturated heterocycles. The number of likely N-dealkylation sites (tertiary alicyclic amines) is 1. The molecule has 25 heavy (non-hydrogen) atoms. The Morgan fingerprint density at radius 2 is 1.96 bits per heavy atom. The van der Waals surface area contributed by atoms with Crippen LogP contribution in [0.15, 0.2) is 24.3 Å². The number of nitrogens with zero attached hydrogens (tertiary/aromatic N) is 1. The second-order valence-corrected chi connectivity index (χ2v) is 7.60. The maximum atomic E-state index is 12.1. The van der Waals surface area contributed by atoms with Crippen molar-refractivity contribution in [2.45, 2.75) is 71.6 Å². The van der Waals surface area contributed by atoms with Crippen LogP contribution in [0, 0.1) is 5.92 Å². The van der Waals surface area contributed by atoms with Gasteiger partial charge in [-0.2, -0.15) is 0 Å². The van der Waals surface area contributed by atoms with Gasteiger partial charge in [0.25, 0.3) is 0 Å². The summed E-state index contributed by atoms with van der Waals surface area (Å²) in [7, 11) is 0. The van der Waals surface area contributed by atoms with E-state index in [2.05, 4.69) is 42.3 Å². The third kappa shape index (κ3) is 6.47. The summed E-state index contributed by atoms with van der Waals surface area (Å²) < 4.78 is 0. The summed E-state index contributed by atoms with van der Waals surface area (Å²) in [6.07, 6.45) is 8.73. The van der Waals surface area contributed by atoms with Gasteiger partial charge in [0.05, 0.1) is 0 Å². The number of amides is 1. The SMILES string of the molecule is CCCCCCN1CCC(c2cccc(NC(=O)C(C)CC)c2)CC1. The third-order valence-corrected chi connectivity index (χ3v) is 5.60. The van der Waals surface area contributed by atoms with E-state index in [1.54, 1.807) is 0 Å². The Balaban J connectivity index is 1.82. The van der Waals surface area contributed by atoms with Crippen molar-refractivity contribution in [3.05, 3.63) is 29.8 Å². The van der Waals surface area contributed by atoms with E-state index in [0.717, 1.165) is 12.1 Å². The van der Waals surface area contributed by atoms with Crippen LogP contribution in [0.5, 0.6) is 0 Å². The molecule has 0 radical (unpaired) electrons. The molecule has 0 bridgehead atoms. The lowest BCUT2D eigenvalue weighted by atomic mass is 9.89. The van der Waals surface area contributed by atoms with E-state index in [9.17, 15) is 4.79 Å². The van der Waals surface area contributed by atoms with Crippen molar-refractivity contribution in [3.63, 3.8) is 0 Å². The highest BCUT2D eigenvalue weighted by Crippen LogP contribution is 2.29. The molecular weight excluding hydrogens is 308 g/mol. The predicted molar refractivity (Wildman–Crippen MR) is 107 cm³/mol. The van der Waals surface area contributed by atoms with Crippen LogP contribution < -0.4 is 5.32 Å². The Hall–Kier alpha value is -1.35. The lowest BCUT2D eigenvalue weighted by molar-refractivity contribution is -0.119. The van der Waals surface area contributed by atoms with E-state index in [0.29, 0.717) is 5.92 Å². The van der Waals surface area contributed by atoms with Crippen molar-refractivity contribution in [2.75, 3.05) is 25.0 Å². The molecule has 1 unspecified atom stereocenters. The number of hydrogen-bond acceptors (Lipinski definition) is 2. The van der Waals surface area contributed by atoms with Gasteiger partial charge in [-0.15, -0.1) is 0 Å². The van der Waals surface area contributed by atoms with Gasteiger partial charge in [0.1, 0.15) is 0 Å². The van der Waals surface area contributed by atoms with Crippen molar-refractivity contribution < 1.29 is 4.79 Å². The van der Waals surface area contributed by atoms with Crippen molar-refractivity contribution in [1.29, 1.82) is 0 Å². The first-order valence-electron chi connectivity index (χ1n) is 10.3. The van der Waals surface area contributed by atoms with E-state index >= 15 is 0 Å². The Morgan fingerprint density at radius 1 is 1.20 bits per heavy atom. The van der Waals surface area contributed by atoms with Gasteiger partial charge in [-0.05, 0) is 68.9 Å². The highest BCUT2D eigenvalue weighted by molar-refractivity contribution is 5.92. The number of carbonyl (C=O) groups is 1. The van der Waals surface area contributed by atoms with E-state index < -0.39 is 0 Å². The Labute approximate surface area is 154 Å². The molecule has 0 aromatic heterocycles. The van der Waals surface area contributed by atoms with Gasteiger partial charge >= 0.3 is 0 Å². The number of carbonyl (C=O) groups excluding carboxylic acids is 1. The first-order valence-corrected chi connectivity index (χ1v) is 10.3. The van der Waals surface area contributed by atoms with Gasteiger partial charge in [0.15, 0.2) is 0 Å². The second kappa shape index (κ2) is 10.6. The molecule has 0 aliphatic carbocycles. The average molecular weight is 345 g/mol. The van der Waals surface area contributed by atoms with Gasteiger partial charge in [-0.25, -0.2) is 0 Å². The summed E-state index contributed by atoms with van der Waals surface area (Å²) in [6.45, 7) is 9.98. The van der Waals surface area contributed by atoms with Crippen molar-refractivity contribution in [2.24, 2.45) is 5.92 Å².